The minimum absolute atomic E-state index is 0.0178. The molecule has 3 N–H and O–H groups in total. The smallest absolute Gasteiger partial charge is 0.407 e. The molecule has 0 aromatic heterocycles. The zero-order valence-electron chi connectivity index (χ0n) is 19.7. The Balaban J connectivity index is 1.88. The van der Waals surface area contributed by atoms with Crippen LogP contribution < -0.4 is 16.0 Å². The minimum atomic E-state index is -0.591. The molecular weight excluding hydrogens is 406 g/mol. The first kappa shape index (κ1) is 24.9. The molecule has 0 aliphatic rings. The van der Waals surface area contributed by atoms with Crippen LogP contribution in [0.4, 0.5) is 16.2 Å². The summed E-state index contributed by atoms with van der Waals surface area (Å²) in [5, 5.41) is 8.15. The van der Waals surface area contributed by atoms with E-state index in [1.54, 1.807) is 57.2 Å². The lowest BCUT2D eigenvalue weighted by Gasteiger charge is -2.19. The topological polar surface area (TPSA) is 96.5 Å². The van der Waals surface area contributed by atoms with E-state index in [2.05, 4.69) is 36.7 Å². The second-order valence-corrected chi connectivity index (χ2v) is 9.59. The molecule has 0 fully saturated rings. The fourth-order valence-corrected chi connectivity index (χ4v) is 2.82. The fourth-order valence-electron chi connectivity index (χ4n) is 2.82. The third-order valence-electron chi connectivity index (χ3n) is 4.44. The maximum atomic E-state index is 12.6. The quantitative estimate of drug-likeness (QED) is 0.584. The Morgan fingerprint density at radius 1 is 0.844 bits per heavy atom. The number of amides is 3. The molecule has 2 aromatic carbocycles. The lowest BCUT2D eigenvalue weighted by Crippen LogP contribution is -2.34. The van der Waals surface area contributed by atoms with E-state index in [0.29, 0.717) is 16.9 Å². The van der Waals surface area contributed by atoms with Gasteiger partial charge in [-0.1, -0.05) is 39.0 Å². The molecular formula is C25H33N3O4. The van der Waals surface area contributed by atoms with Gasteiger partial charge in [0.25, 0.3) is 5.91 Å². The highest BCUT2D eigenvalue weighted by Crippen LogP contribution is 2.23. The molecule has 7 heteroatoms. The molecule has 0 saturated carbocycles. The van der Waals surface area contributed by atoms with Crippen LogP contribution in [-0.2, 0) is 14.9 Å². The van der Waals surface area contributed by atoms with Crippen molar-refractivity contribution in [3.63, 3.8) is 0 Å². The molecule has 0 atom stereocenters. The van der Waals surface area contributed by atoms with Crippen molar-refractivity contribution in [2.24, 2.45) is 0 Å². The second-order valence-electron chi connectivity index (χ2n) is 9.59. The lowest BCUT2D eigenvalue weighted by molar-refractivity contribution is -0.116. The standard InChI is InChI=1S/C25H33N3O4/c1-24(2,3)18-12-10-17(11-13-18)22(30)28-20-9-7-8-19(16-20)27-21(29)14-15-26-23(31)32-25(4,5)6/h7-13,16H,14-15H2,1-6H3,(H,26,31)(H,27,29)(H,28,30). The largest absolute Gasteiger partial charge is 0.444 e. The molecule has 2 aromatic rings. The first-order chi connectivity index (χ1) is 14.8. The average molecular weight is 440 g/mol. The lowest BCUT2D eigenvalue weighted by atomic mass is 9.87. The second kappa shape index (κ2) is 10.3. The van der Waals surface area contributed by atoms with Crippen LogP contribution in [0.25, 0.3) is 0 Å². The van der Waals surface area contributed by atoms with Gasteiger partial charge in [-0.05, 0) is 62.1 Å². The van der Waals surface area contributed by atoms with Crippen molar-refractivity contribution in [3.05, 3.63) is 59.7 Å². The van der Waals surface area contributed by atoms with Crippen molar-refractivity contribution < 1.29 is 19.1 Å². The number of hydrogen-bond donors (Lipinski definition) is 3. The number of benzene rings is 2. The molecule has 0 bridgehead atoms. The first-order valence-electron chi connectivity index (χ1n) is 10.6. The van der Waals surface area contributed by atoms with Gasteiger partial charge in [0.05, 0.1) is 0 Å². The third kappa shape index (κ3) is 8.41. The van der Waals surface area contributed by atoms with Crippen LogP contribution in [0.1, 0.15) is 63.9 Å². The van der Waals surface area contributed by atoms with Gasteiger partial charge in [-0.15, -0.1) is 0 Å². The molecule has 0 unspecified atom stereocenters. The number of anilines is 2. The molecule has 0 aliphatic carbocycles. The van der Waals surface area contributed by atoms with Gasteiger partial charge in [0.15, 0.2) is 0 Å². The summed E-state index contributed by atoms with van der Waals surface area (Å²) in [5.74, 6) is -0.488. The fraction of sp³-hybridized carbons (Fsp3) is 0.400. The van der Waals surface area contributed by atoms with Crippen LogP contribution in [-0.4, -0.2) is 30.1 Å². The van der Waals surface area contributed by atoms with E-state index in [1.165, 1.54) is 0 Å². The molecule has 0 saturated heterocycles. The molecule has 3 amide bonds. The Kier molecular flexibility index (Phi) is 8.02. The monoisotopic (exact) mass is 439 g/mol. The van der Waals surface area contributed by atoms with Crippen LogP contribution in [0.5, 0.6) is 0 Å². The normalized spacial score (nSPS) is 11.4. The third-order valence-corrected chi connectivity index (χ3v) is 4.44. The van der Waals surface area contributed by atoms with Gasteiger partial charge in [-0.25, -0.2) is 4.79 Å². The zero-order chi connectivity index (χ0) is 23.9. The van der Waals surface area contributed by atoms with Gasteiger partial charge in [0, 0.05) is 29.9 Å². The maximum absolute atomic E-state index is 12.6. The number of rotatable bonds is 6. The van der Waals surface area contributed by atoms with Crippen molar-refractivity contribution >= 4 is 29.3 Å². The molecule has 0 radical (unpaired) electrons. The highest BCUT2D eigenvalue weighted by molar-refractivity contribution is 6.04. The Bertz CT molecular complexity index is 954. The summed E-state index contributed by atoms with van der Waals surface area (Å²) in [6.07, 6.45) is -0.471. The van der Waals surface area contributed by atoms with Crippen molar-refractivity contribution in [2.75, 3.05) is 17.2 Å². The predicted octanol–water partition coefficient (Wildman–Crippen LogP) is 5.09. The van der Waals surface area contributed by atoms with Crippen molar-refractivity contribution in [1.29, 1.82) is 0 Å². The summed E-state index contributed by atoms with van der Waals surface area (Å²) in [6, 6.07) is 14.4. The van der Waals surface area contributed by atoms with Crippen molar-refractivity contribution in [2.45, 2.75) is 59.0 Å². The predicted molar refractivity (Wildman–Crippen MR) is 127 cm³/mol. The van der Waals surface area contributed by atoms with E-state index in [4.69, 9.17) is 4.74 Å². The van der Waals surface area contributed by atoms with E-state index in [9.17, 15) is 14.4 Å². The summed E-state index contributed by atoms with van der Waals surface area (Å²) in [5.41, 5.74) is 2.25. The van der Waals surface area contributed by atoms with E-state index in [-0.39, 0.29) is 30.2 Å². The number of hydrogen-bond acceptors (Lipinski definition) is 4. The van der Waals surface area contributed by atoms with Gasteiger partial charge in [-0.2, -0.15) is 0 Å². The maximum Gasteiger partial charge on any atom is 0.407 e. The van der Waals surface area contributed by atoms with Gasteiger partial charge in [-0.3, -0.25) is 9.59 Å². The van der Waals surface area contributed by atoms with Gasteiger partial charge < -0.3 is 20.7 Å². The molecule has 7 nitrogen and oxygen atoms in total. The summed E-state index contributed by atoms with van der Waals surface area (Å²) >= 11 is 0. The van der Waals surface area contributed by atoms with E-state index in [1.807, 2.05) is 12.1 Å². The van der Waals surface area contributed by atoms with Crippen LogP contribution in [0.2, 0.25) is 0 Å². The molecule has 172 valence electrons. The van der Waals surface area contributed by atoms with E-state index >= 15 is 0 Å². The van der Waals surface area contributed by atoms with Gasteiger partial charge in [0.1, 0.15) is 5.60 Å². The van der Waals surface area contributed by atoms with Gasteiger partial charge in [0.2, 0.25) is 5.91 Å². The zero-order valence-corrected chi connectivity index (χ0v) is 19.7. The van der Waals surface area contributed by atoms with Crippen molar-refractivity contribution in [1.82, 2.24) is 5.32 Å². The Labute approximate surface area is 189 Å². The Morgan fingerprint density at radius 3 is 2.00 bits per heavy atom. The summed E-state index contributed by atoms with van der Waals surface area (Å²) < 4.78 is 5.13. The summed E-state index contributed by atoms with van der Waals surface area (Å²) in [6.45, 7) is 11.8. The Morgan fingerprint density at radius 2 is 1.44 bits per heavy atom. The number of ether oxygens (including phenoxy) is 1. The van der Waals surface area contributed by atoms with E-state index in [0.717, 1.165) is 5.56 Å². The average Bonchev–Trinajstić information content (AvgIpc) is 2.66. The molecule has 0 aliphatic heterocycles. The molecule has 32 heavy (non-hydrogen) atoms. The van der Waals surface area contributed by atoms with Crippen LogP contribution in [0.3, 0.4) is 0 Å². The first-order valence-corrected chi connectivity index (χ1v) is 10.6. The SMILES string of the molecule is CC(C)(C)OC(=O)NCCC(=O)Nc1cccc(NC(=O)c2ccc(C(C)(C)C)cc2)c1. The number of carbonyl (C=O) groups is 3. The Hall–Kier alpha value is -3.35. The van der Waals surface area contributed by atoms with Crippen molar-refractivity contribution in [3.8, 4) is 0 Å². The van der Waals surface area contributed by atoms with Crippen LogP contribution in [0.15, 0.2) is 48.5 Å². The number of nitrogens with one attached hydrogen (secondary N) is 3. The molecule has 0 spiro atoms. The molecule has 0 heterocycles. The van der Waals surface area contributed by atoms with Crippen LogP contribution >= 0.6 is 0 Å². The number of alkyl carbamates (subject to hydrolysis) is 1. The number of carbonyl (C=O) groups excluding carboxylic acids is 3. The highest BCUT2D eigenvalue weighted by Gasteiger charge is 2.16. The van der Waals surface area contributed by atoms with Crippen LogP contribution in [0, 0.1) is 0 Å². The van der Waals surface area contributed by atoms with Gasteiger partial charge >= 0.3 is 6.09 Å². The van der Waals surface area contributed by atoms with E-state index < -0.39 is 11.7 Å². The summed E-state index contributed by atoms with van der Waals surface area (Å²) in [7, 11) is 0. The summed E-state index contributed by atoms with van der Waals surface area (Å²) in [4.78, 5) is 36.3. The molecule has 2 rings (SSSR count). The minimum Gasteiger partial charge on any atom is -0.444 e. The highest BCUT2D eigenvalue weighted by atomic mass is 16.6.